The highest BCUT2D eigenvalue weighted by atomic mass is 19.2. The molecule has 1 fully saturated rings. The van der Waals surface area contributed by atoms with Crippen LogP contribution in [-0.4, -0.2) is 31.1 Å². The molecule has 0 bridgehead atoms. The van der Waals surface area contributed by atoms with Gasteiger partial charge in [0, 0.05) is 32.2 Å². The molecule has 1 atom stereocenters. The first-order valence-electron chi connectivity index (χ1n) is 6.90. The van der Waals surface area contributed by atoms with Gasteiger partial charge in [-0.05, 0) is 12.1 Å². The molecular formula is C15H14F4N2O. The van der Waals surface area contributed by atoms with E-state index in [1.165, 1.54) is 12.3 Å². The van der Waals surface area contributed by atoms with Crippen LogP contribution < -0.4 is 5.32 Å². The summed E-state index contributed by atoms with van der Waals surface area (Å²) in [6.07, 6.45) is 1.36. The van der Waals surface area contributed by atoms with Crippen LogP contribution in [0.2, 0.25) is 0 Å². The molecule has 0 amide bonds. The van der Waals surface area contributed by atoms with Gasteiger partial charge in [-0.15, -0.1) is 0 Å². The number of hydrogen-bond acceptors (Lipinski definition) is 3. The lowest BCUT2D eigenvalue weighted by atomic mass is 10.00. The summed E-state index contributed by atoms with van der Waals surface area (Å²) in [7, 11) is 0. The molecule has 1 saturated heterocycles. The highest BCUT2D eigenvalue weighted by molar-refractivity contribution is 5.31. The van der Waals surface area contributed by atoms with Crippen molar-refractivity contribution in [3.63, 3.8) is 0 Å². The molecule has 0 saturated carbocycles. The van der Waals surface area contributed by atoms with Gasteiger partial charge in [0.25, 0.3) is 0 Å². The van der Waals surface area contributed by atoms with Crippen molar-refractivity contribution in [2.24, 2.45) is 0 Å². The monoisotopic (exact) mass is 314 g/mol. The third-order valence-electron chi connectivity index (χ3n) is 3.75. The van der Waals surface area contributed by atoms with E-state index in [0.29, 0.717) is 26.2 Å². The van der Waals surface area contributed by atoms with Crippen LogP contribution >= 0.6 is 0 Å². The van der Waals surface area contributed by atoms with Crippen molar-refractivity contribution in [2.45, 2.75) is 6.04 Å². The first-order valence-corrected chi connectivity index (χ1v) is 6.90. The van der Waals surface area contributed by atoms with Gasteiger partial charge in [-0.1, -0.05) is 0 Å². The highest BCUT2D eigenvalue weighted by Crippen LogP contribution is 2.34. The van der Waals surface area contributed by atoms with Gasteiger partial charge in [-0.3, -0.25) is 4.90 Å². The van der Waals surface area contributed by atoms with Crippen LogP contribution in [0.3, 0.4) is 0 Å². The molecule has 1 aromatic heterocycles. The summed E-state index contributed by atoms with van der Waals surface area (Å²) in [6, 6.07) is 2.30. The van der Waals surface area contributed by atoms with Gasteiger partial charge in [0.15, 0.2) is 23.3 Å². The van der Waals surface area contributed by atoms with Crippen LogP contribution in [-0.2, 0) is 0 Å². The molecule has 0 unspecified atom stereocenters. The summed E-state index contributed by atoms with van der Waals surface area (Å²) in [5.41, 5.74) is -0.658. The fourth-order valence-electron chi connectivity index (χ4n) is 2.72. The van der Waals surface area contributed by atoms with Crippen LogP contribution in [0.1, 0.15) is 17.4 Å². The largest absolute Gasteiger partial charge is 0.467 e. The summed E-state index contributed by atoms with van der Waals surface area (Å²) in [6.45, 7) is 2.17. The van der Waals surface area contributed by atoms with Crippen LogP contribution in [0.15, 0.2) is 28.9 Å². The maximum atomic E-state index is 14.2. The molecule has 3 rings (SSSR count). The predicted molar refractivity (Wildman–Crippen MR) is 71.3 cm³/mol. The minimum absolute atomic E-state index is 0.213. The summed E-state index contributed by atoms with van der Waals surface area (Å²) < 4.78 is 60.7. The highest BCUT2D eigenvalue weighted by Gasteiger charge is 2.33. The van der Waals surface area contributed by atoms with E-state index >= 15 is 0 Å². The molecule has 0 radical (unpaired) electrons. The topological polar surface area (TPSA) is 28.4 Å². The van der Waals surface area contributed by atoms with E-state index in [1.807, 2.05) is 0 Å². The molecule has 22 heavy (non-hydrogen) atoms. The van der Waals surface area contributed by atoms with Gasteiger partial charge in [-0.25, -0.2) is 17.6 Å². The van der Waals surface area contributed by atoms with Gasteiger partial charge in [0.2, 0.25) is 0 Å². The number of hydrogen-bond donors (Lipinski definition) is 1. The molecule has 1 N–H and O–H groups in total. The molecule has 3 nitrogen and oxygen atoms in total. The van der Waals surface area contributed by atoms with Gasteiger partial charge in [-0.2, -0.15) is 0 Å². The van der Waals surface area contributed by atoms with Crippen molar-refractivity contribution in [3.05, 3.63) is 59.1 Å². The second-order valence-electron chi connectivity index (χ2n) is 5.09. The molecular weight excluding hydrogens is 300 g/mol. The van der Waals surface area contributed by atoms with Crippen LogP contribution in [0, 0.1) is 23.3 Å². The van der Waals surface area contributed by atoms with Crippen LogP contribution in [0.4, 0.5) is 17.6 Å². The summed E-state index contributed by atoms with van der Waals surface area (Å²) >= 11 is 0. The third kappa shape index (κ3) is 2.62. The third-order valence-corrected chi connectivity index (χ3v) is 3.75. The van der Waals surface area contributed by atoms with Gasteiger partial charge in [0.05, 0.1) is 17.9 Å². The lowest BCUT2D eigenvalue weighted by molar-refractivity contribution is 0.171. The van der Waals surface area contributed by atoms with Crippen molar-refractivity contribution in [1.82, 2.24) is 10.2 Å². The summed E-state index contributed by atoms with van der Waals surface area (Å²) in [5, 5.41) is 3.11. The Kier molecular flexibility index (Phi) is 4.17. The Morgan fingerprint density at radius 3 is 2.23 bits per heavy atom. The lowest BCUT2D eigenvalue weighted by Gasteiger charge is -2.34. The molecule has 118 valence electrons. The van der Waals surface area contributed by atoms with E-state index in [4.69, 9.17) is 4.42 Å². The molecule has 1 aromatic carbocycles. The number of furan rings is 1. The maximum absolute atomic E-state index is 14.2. The van der Waals surface area contributed by atoms with Crippen molar-refractivity contribution >= 4 is 0 Å². The standard InChI is InChI=1S/C15H14F4N2O/c16-9-8-10(17)14(19)12(13(9)18)15(11-2-1-7-22-11)21-5-3-20-4-6-21/h1-2,7-8,15,20H,3-6H2/t15-/m1/s1. The van der Waals surface area contributed by atoms with E-state index < -0.39 is 34.9 Å². The van der Waals surface area contributed by atoms with Crippen molar-refractivity contribution in [2.75, 3.05) is 26.2 Å². The van der Waals surface area contributed by atoms with Crippen molar-refractivity contribution in [1.29, 1.82) is 0 Å². The number of piperazine rings is 1. The first kappa shape index (κ1) is 15.1. The maximum Gasteiger partial charge on any atom is 0.167 e. The van der Waals surface area contributed by atoms with Crippen molar-refractivity contribution < 1.29 is 22.0 Å². The Labute approximate surface area is 124 Å². The Morgan fingerprint density at radius 1 is 1.05 bits per heavy atom. The summed E-state index contributed by atoms with van der Waals surface area (Å²) in [5.74, 6) is -5.37. The number of halogens is 4. The minimum Gasteiger partial charge on any atom is -0.467 e. The number of benzene rings is 1. The Morgan fingerprint density at radius 2 is 1.68 bits per heavy atom. The second kappa shape index (κ2) is 6.10. The van der Waals surface area contributed by atoms with E-state index in [2.05, 4.69) is 5.32 Å². The summed E-state index contributed by atoms with van der Waals surface area (Å²) in [4.78, 5) is 1.73. The Balaban J connectivity index is 2.14. The molecule has 2 heterocycles. The Hall–Kier alpha value is -1.86. The SMILES string of the molecule is Fc1cc(F)c(F)c([C@@H](c2ccco2)N2CCNCC2)c1F. The quantitative estimate of drug-likeness (QED) is 0.697. The molecule has 2 aromatic rings. The second-order valence-corrected chi connectivity index (χ2v) is 5.09. The van der Waals surface area contributed by atoms with E-state index in [9.17, 15) is 17.6 Å². The van der Waals surface area contributed by atoms with E-state index in [0.717, 1.165) is 0 Å². The average Bonchev–Trinajstić information content (AvgIpc) is 3.04. The predicted octanol–water partition coefficient (Wildman–Crippen LogP) is 2.83. The zero-order valence-corrected chi connectivity index (χ0v) is 11.6. The van der Waals surface area contributed by atoms with Crippen LogP contribution in [0.5, 0.6) is 0 Å². The lowest BCUT2D eigenvalue weighted by Crippen LogP contribution is -2.45. The zero-order valence-electron chi connectivity index (χ0n) is 11.6. The molecule has 1 aliphatic rings. The number of rotatable bonds is 3. The minimum atomic E-state index is -1.42. The van der Waals surface area contributed by atoms with Gasteiger partial charge >= 0.3 is 0 Å². The van der Waals surface area contributed by atoms with Gasteiger partial charge in [0.1, 0.15) is 5.76 Å². The molecule has 0 aliphatic carbocycles. The van der Waals surface area contributed by atoms with E-state index in [-0.39, 0.29) is 11.8 Å². The fourth-order valence-corrected chi connectivity index (χ4v) is 2.72. The number of nitrogens with one attached hydrogen (secondary N) is 1. The number of nitrogens with zero attached hydrogens (tertiary/aromatic N) is 1. The fraction of sp³-hybridized carbons (Fsp3) is 0.333. The van der Waals surface area contributed by atoms with Gasteiger partial charge < -0.3 is 9.73 Å². The van der Waals surface area contributed by atoms with E-state index in [1.54, 1.807) is 11.0 Å². The smallest absolute Gasteiger partial charge is 0.167 e. The first-order chi connectivity index (χ1) is 10.6. The molecule has 1 aliphatic heterocycles. The molecule has 0 spiro atoms. The normalized spacial score (nSPS) is 17.6. The van der Waals surface area contributed by atoms with Crippen LogP contribution in [0.25, 0.3) is 0 Å². The zero-order chi connectivity index (χ0) is 15.7. The van der Waals surface area contributed by atoms with Crippen molar-refractivity contribution in [3.8, 4) is 0 Å². The molecule has 7 heteroatoms. The average molecular weight is 314 g/mol. The Bertz CT molecular complexity index is 628.